The summed E-state index contributed by atoms with van der Waals surface area (Å²) in [5, 5.41) is 1.14. The van der Waals surface area contributed by atoms with Crippen LogP contribution in [0.3, 0.4) is 0 Å². The largest absolute Gasteiger partial charge is 0.233 e. The number of nitrogens with zero attached hydrogens (tertiary/aromatic N) is 2. The first kappa shape index (κ1) is 12.4. The maximum atomic E-state index is 6.06. The van der Waals surface area contributed by atoms with Crippen molar-refractivity contribution < 1.29 is 0 Å². The van der Waals surface area contributed by atoms with Crippen molar-refractivity contribution in [2.75, 3.05) is 0 Å². The highest BCUT2D eigenvalue weighted by Gasteiger charge is 2.26. The number of hydrogen-bond donors (Lipinski definition) is 0. The van der Waals surface area contributed by atoms with E-state index < -0.39 is 0 Å². The molecule has 0 aliphatic heterocycles. The van der Waals surface area contributed by atoms with E-state index in [0.717, 1.165) is 15.7 Å². The third kappa shape index (κ3) is 2.53. The molecule has 1 saturated carbocycles. The second-order valence-corrected chi connectivity index (χ2v) is 6.02. The van der Waals surface area contributed by atoms with E-state index >= 15 is 0 Å². The predicted molar refractivity (Wildman–Crippen MR) is 77.2 cm³/mol. The third-order valence-corrected chi connectivity index (χ3v) is 4.00. The van der Waals surface area contributed by atoms with Gasteiger partial charge in [-0.15, -0.1) is 0 Å². The van der Waals surface area contributed by atoms with Gasteiger partial charge in [0.25, 0.3) is 0 Å². The first-order valence-corrected chi connectivity index (χ1v) is 7.18. The van der Waals surface area contributed by atoms with E-state index in [1.165, 1.54) is 12.8 Å². The minimum absolute atomic E-state index is 0.480. The summed E-state index contributed by atoms with van der Waals surface area (Å²) in [7, 11) is 0. The molecule has 0 spiro atoms. The van der Waals surface area contributed by atoms with Crippen LogP contribution in [0.1, 0.15) is 24.5 Å². The van der Waals surface area contributed by atoms with E-state index in [1.807, 2.05) is 24.3 Å². The van der Waals surface area contributed by atoms with E-state index in [2.05, 4.69) is 25.9 Å². The average molecular weight is 344 g/mol. The van der Waals surface area contributed by atoms with Gasteiger partial charge < -0.3 is 0 Å². The van der Waals surface area contributed by atoms with Crippen molar-refractivity contribution in [2.45, 2.75) is 18.8 Å². The first-order valence-electron chi connectivity index (χ1n) is 5.63. The lowest BCUT2D eigenvalue weighted by molar-refractivity contribution is 0.993. The van der Waals surface area contributed by atoms with Gasteiger partial charge in [0.05, 0.1) is 0 Å². The smallest absolute Gasteiger partial charge is 0.162 e. The van der Waals surface area contributed by atoms with Gasteiger partial charge in [-0.05, 0) is 37.1 Å². The SMILES string of the molecule is Clc1ccc(Br)c(-c2nc(Cl)cc(C3CC3)n2)c1. The molecule has 0 N–H and O–H groups in total. The average Bonchev–Trinajstić information content (AvgIpc) is 3.15. The fourth-order valence-electron chi connectivity index (χ4n) is 1.81. The molecule has 3 rings (SSSR count). The Morgan fingerprint density at radius 2 is 1.89 bits per heavy atom. The normalized spacial score (nSPS) is 14.8. The second kappa shape index (κ2) is 4.80. The van der Waals surface area contributed by atoms with Crippen LogP contribution < -0.4 is 0 Å². The summed E-state index contributed by atoms with van der Waals surface area (Å²) < 4.78 is 0.913. The number of rotatable bonds is 2. The number of benzene rings is 1. The quantitative estimate of drug-likeness (QED) is 0.709. The Hall–Kier alpha value is -0.640. The molecule has 0 saturated heterocycles. The zero-order chi connectivity index (χ0) is 12.7. The minimum Gasteiger partial charge on any atom is -0.233 e. The molecular formula is C13H9BrCl2N2. The van der Waals surface area contributed by atoms with Crippen molar-refractivity contribution in [1.29, 1.82) is 0 Å². The molecule has 5 heteroatoms. The fourth-order valence-corrected chi connectivity index (χ4v) is 2.60. The van der Waals surface area contributed by atoms with Crippen LogP contribution in [0.4, 0.5) is 0 Å². The monoisotopic (exact) mass is 342 g/mol. The molecule has 0 bridgehead atoms. The number of aromatic nitrogens is 2. The van der Waals surface area contributed by atoms with Gasteiger partial charge in [-0.1, -0.05) is 39.1 Å². The molecule has 0 unspecified atom stereocenters. The van der Waals surface area contributed by atoms with Gasteiger partial charge in [0.1, 0.15) is 5.15 Å². The lowest BCUT2D eigenvalue weighted by atomic mass is 10.2. The molecule has 92 valence electrons. The topological polar surface area (TPSA) is 25.8 Å². The summed E-state index contributed by atoms with van der Waals surface area (Å²) in [5.41, 5.74) is 1.89. The minimum atomic E-state index is 0.480. The molecule has 2 nitrogen and oxygen atoms in total. The Kier molecular flexibility index (Phi) is 3.31. The van der Waals surface area contributed by atoms with Crippen LogP contribution in [0.5, 0.6) is 0 Å². The van der Waals surface area contributed by atoms with Crippen molar-refractivity contribution in [3.8, 4) is 11.4 Å². The second-order valence-electron chi connectivity index (χ2n) is 4.34. The molecule has 1 aromatic heterocycles. The Bertz CT molecular complexity index is 612. The summed E-state index contributed by atoms with van der Waals surface area (Å²) in [6.07, 6.45) is 2.37. The lowest BCUT2D eigenvalue weighted by Gasteiger charge is -2.06. The highest BCUT2D eigenvalue weighted by Crippen LogP contribution is 2.40. The summed E-state index contributed by atoms with van der Waals surface area (Å²) in [5.74, 6) is 1.17. The maximum Gasteiger partial charge on any atom is 0.162 e. The lowest BCUT2D eigenvalue weighted by Crippen LogP contribution is -1.95. The van der Waals surface area contributed by atoms with Crippen LogP contribution in [0, 0.1) is 0 Å². The van der Waals surface area contributed by atoms with Crippen LogP contribution >= 0.6 is 39.1 Å². The predicted octanol–water partition coefficient (Wildman–Crippen LogP) is 5.09. The van der Waals surface area contributed by atoms with Gasteiger partial charge in [0, 0.05) is 26.7 Å². The Morgan fingerprint density at radius 3 is 2.61 bits per heavy atom. The number of hydrogen-bond acceptors (Lipinski definition) is 2. The van der Waals surface area contributed by atoms with Gasteiger partial charge in [-0.3, -0.25) is 0 Å². The van der Waals surface area contributed by atoms with E-state index in [9.17, 15) is 0 Å². The highest BCUT2D eigenvalue weighted by molar-refractivity contribution is 9.10. The van der Waals surface area contributed by atoms with Gasteiger partial charge in [0.15, 0.2) is 5.82 Å². The molecule has 1 aliphatic carbocycles. The van der Waals surface area contributed by atoms with Crippen molar-refractivity contribution in [2.24, 2.45) is 0 Å². The molecule has 1 fully saturated rings. The fraction of sp³-hybridized carbons (Fsp3) is 0.231. The Morgan fingerprint density at radius 1 is 1.11 bits per heavy atom. The Balaban J connectivity index is 2.12. The van der Waals surface area contributed by atoms with E-state index in [4.69, 9.17) is 23.2 Å². The van der Waals surface area contributed by atoms with Gasteiger partial charge in [-0.25, -0.2) is 9.97 Å². The zero-order valence-corrected chi connectivity index (χ0v) is 12.4. The molecule has 1 heterocycles. The molecule has 1 aromatic carbocycles. The molecule has 1 aliphatic rings. The molecular weight excluding hydrogens is 335 g/mol. The summed E-state index contributed by atoms with van der Waals surface area (Å²) in [6.45, 7) is 0. The summed E-state index contributed by atoms with van der Waals surface area (Å²) in [4.78, 5) is 8.87. The van der Waals surface area contributed by atoms with Crippen molar-refractivity contribution >= 4 is 39.1 Å². The van der Waals surface area contributed by atoms with Gasteiger partial charge >= 0.3 is 0 Å². The summed E-state index contributed by atoms with van der Waals surface area (Å²) >= 11 is 15.6. The van der Waals surface area contributed by atoms with Crippen LogP contribution in [-0.4, -0.2) is 9.97 Å². The first-order chi connectivity index (χ1) is 8.63. The zero-order valence-electron chi connectivity index (χ0n) is 9.33. The van der Waals surface area contributed by atoms with Crippen molar-refractivity contribution in [3.63, 3.8) is 0 Å². The molecule has 0 amide bonds. The van der Waals surface area contributed by atoms with E-state index in [0.29, 0.717) is 21.9 Å². The molecule has 0 atom stereocenters. The number of halogens is 3. The third-order valence-electron chi connectivity index (χ3n) is 2.88. The van der Waals surface area contributed by atoms with Gasteiger partial charge in [-0.2, -0.15) is 0 Å². The standard InChI is InChI=1S/C13H9BrCl2N2/c14-10-4-3-8(15)5-9(10)13-17-11(7-1-2-7)6-12(16)18-13/h3-7H,1-2H2. The van der Waals surface area contributed by atoms with Crippen LogP contribution in [-0.2, 0) is 0 Å². The van der Waals surface area contributed by atoms with Crippen LogP contribution in [0.2, 0.25) is 10.2 Å². The molecule has 0 radical (unpaired) electrons. The van der Waals surface area contributed by atoms with Crippen molar-refractivity contribution in [3.05, 3.63) is 44.6 Å². The summed E-state index contributed by atoms with van der Waals surface area (Å²) in [6, 6.07) is 7.40. The van der Waals surface area contributed by atoms with Gasteiger partial charge in [0.2, 0.25) is 0 Å². The van der Waals surface area contributed by atoms with Crippen molar-refractivity contribution in [1.82, 2.24) is 9.97 Å². The van der Waals surface area contributed by atoms with Crippen LogP contribution in [0.15, 0.2) is 28.7 Å². The van der Waals surface area contributed by atoms with Crippen LogP contribution in [0.25, 0.3) is 11.4 Å². The molecule has 18 heavy (non-hydrogen) atoms. The molecule has 2 aromatic rings. The maximum absolute atomic E-state index is 6.06. The van der Waals surface area contributed by atoms with E-state index in [1.54, 1.807) is 0 Å². The Labute approximate surface area is 123 Å². The van der Waals surface area contributed by atoms with E-state index in [-0.39, 0.29) is 0 Å². The highest BCUT2D eigenvalue weighted by atomic mass is 79.9.